The van der Waals surface area contributed by atoms with Crippen molar-refractivity contribution in [3.63, 3.8) is 0 Å². The Kier molecular flexibility index (Phi) is 3.70. The Hall–Kier alpha value is -3.59. The molecule has 6 heteroatoms. The number of hydrogen-bond donors (Lipinski definition) is 2. The number of aromatic nitrogens is 2. The van der Waals surface area contributed by atoms with Crippen LogP contribution < -0.4 is 10.5 Å². The van der Waals surface area contributed by atoms with Gasteiger partial charge >= 0.3 is 0 Å². The number of nitrogens with zero attached hydrogens (tertiary/aromatic N) is 2. The van der Waals surface area contributed by atoms with Gasteiger partial charge in [-0.2, -0.15) is 5.26 Å². The van der Waals surface area contributed by atoms with Gasteiger partial charge in [-0.1, -0.05) is 42.0 Å². The van der Waals surface area contributed by atoms with E-state index in [1.807, 2.05) is 31.2 Å². The highest BCUT2D eigenvalue weighted by Crippen LogP contribution is 2.45. The molecule has 5 nitrogen and oxygen atoms in total. The van der Waals surface area contributed by atoms with E-state index in [1.54, 1.807) is 12.1 Å². The molecule has 0 radical (unpaired) electrons. The number of aryl methyl sites for hydroxylation is 1. The summed E-state index contributed by atoms with van der Waals surface area (Å²) in [6.45, 7) is 2.00. The lowest BCUT2D eigenvalue weighted by Crippen LogP contribution is -2.21. The van der Waals surface area contributed by atoms with E-state index < -0.39 is 5.92 Å². The van der Waals surface area contributed by atoms with Crippen molar-refractivity contribution in [2.75, 3.05) is 0 Å². The molecule has 4 rings (SSSR count). The summed E-state index contributed by atoms with van der Waals surface area (Å²) in [6.07, 6.45) is 0. The molecule has 3 aromatic rings. The molecule has 1 atom stereocenters. The Morgan fingerprint density at radius 1 is 1.23 bits per heavy atom. The molecule has 0 aliphatic carbocycles. The molecule has 0 bridgehead atoms. The smallest absolute Gasteiger partial charge is 0.244 e. The Bertz CT molecular complexity index is 1060. The highest BCUT2D eigenvalue weighted by atomic mass is 19.1. The van der Waals surface area contributed by atoms with Gasteiger partial charge in [-0.3, -0.25) is 5.10 Å². The number of halogens is 1. The fraction of sp³-hybridized carbons (Fsp3) is 0.100. The first kappa shape index (κ1) is 15.9. The molecule has 2 aromatic carbocycles. The maximum atomic E-state index is 13.8. The van der Waals surface area contributed by atoms with Gasteiger partial charge in [0.1, 0.15) is 17.5 Å². The zero-order valence-electron chi connectivity index (χ0n) is 14.0. The van der Waals surface area contributed by atoms with Crippen molar-refractivity contribution >= 4 is 0 Å². The van der Waals surface area contributed by atoms with E-state index in [2.05, 4.69) is 16.3 Å². The first-order valence-electron chi connectivity index (χ1n) is 8.07. The molecule has 26 heavy (non-hydrogen) atoms. The molecule has 1 unspecified atom stereocenters. The molecule has 0 amide bonds. The van der Waals surface area contributed by atoms with Gasteiger partial charge < -0.3 is 10.5 Å². The van der Waals surface area contributed by atoms with Crippen molar-refractivity contribution in [1.82, 2.24) is 10.2 Å². The lowest BCUT2D eigenvalue weighted by Gasteiger charge is -2.24. The number of nitriles is 1. The largest absolute Gasteiger partial charge is 0.420 e. The quantitative estimate of drug-likeness (QED) is 0.740. The Morgan fingerprint density at radius 3 is 2.69 bits per heavy atom. The summed E-state index contributed by atoms with van der Waals surface area (Å²) >= 11 is 0. The molecule has 0 saturated carbocycles. The Morgan fingerprint density at radius 2 is 2.00 bits per heavy atom. The van der Waals surface area contributed by atoms with Gasteiger partial charge in [0.05, 0.1) is 17.2 Å². The molecule has 0 saturated heterocycles. The number of rotatable bonds is 2. The standard InChI is InChI=1S/C20H15FN4O/c1-11-5-7-12(8-6-11)18-17-16(13-3-2-4-14(21)9-13)15(10-22)19(23)26-20(17)25-24-18/h2-9,16H,23H2,1H3,(H,24,25). The Balaban J connectivity index is 1.95. The summed E-state index contributed by atoms with van der Waals surface area (Å²) in [4.78, 5) is 0. The van der Waals surface area contributed by atoms with E-state index in [0.29, 0.717) is 17.0 Å². The van der Waals surface area contributed by atoms with Gasteiger partial charge in [0.2, 0.25) is 11.8 Å². The van der Waals surface area contributed by atoms with Crippen molar-refractivity contribution < 1.29 is 9.13 Å². The molecule has 1 aliphatic rings. The SMILES string of the molecule is Cc1ccc(-c2[nH]nc3c2C(c2cccc(F)c2)C(C#N)=C(N)O3)cc1. The van der Waals surface area contributed by atoms with Crippen molar-refractivity contribution in [3.8, 4) is 23.2 Å². The summed E-state index contributed by atoms with van der Waals surface area (Å²) in [5, 5.41) is 16.8. The number of H-pyrrole nitrogens is 1. The van der Waals surface area contributed by atoms with Crippen LogP contribution in [0.5, 0.6) is 5.88 Å². The van der Waals surface area contributed by atoms with Gasteiger partial charge in [0.25, 0.3) is 0 Å². The van der Waals surface area contributed by atoms with Gasteiger partial charge in [-0.15, -0.1) is 5.10 Å². The maximum Gasteiger partial charge on any atom is 0.244 e. The number of fused-ring (bicyclic) bond motifs is 1. The first-order valence-corrected chi connectivity index (χ1v) is 8.07. The molecule has 2 heterocycles. The van der Waals surface area contributed by atoms with Crippen LogP contribution in [0, 0.1) is 24.1 Å². The van der Waals surface area contributed by atoms with Crippen molar-refractivity contribution in [2.24, 2.45) is 5.73 Å². The third-order valence-electron chi connectivity index (χ3n) is 4.46. The monoisotopic (exact) mass is 346 g/mol. The third-order valence-corrected chi connectivity index (χ3v) is 4.46. The second-order valence-electron chi connectivity index (χ2n) is 6.16. The van der Waals surface area contributed by atoms with Crippen LogP contribution in [0.15, 0.2) is 60.0 Å². The van der Waals surface area contributed by atoms with E-state index in [0.717, 1.165) is 16.8 Å². The number of allylic oxidation sites excluding steroid dienone is 1. The zero-order valence-corrected chi connectivity index (χ0v) is 14.0. The van der Waals surface area contributed by atoms with Gasteiger partial charge in [-0.25, -0.2) is 4.39 Å². The van der Waals surface area contributed by atoms with Crippen molar-refractivity contribution in [1.29, 1.82) is 5.26 Å². The third kappa shape index (κ3) is 2.50. The molecule has 0 fully saturated rings. The van der Waals surface area contributed by atoms with E-state index in [-0.39, 0.29) is 17.3 Å². The number of ether oxygens (including phenoxy) is 1. The highest BCUT2D eigenvalue weighted by Gasteiger charge is 2.35. The molecule has 128 valence electrons. The van der Waals surface area contributed by atoms with Gasteiger partial charge in [-0.05, 0) is 24.6 Å². The predicted octanol–water partition coefficient (Wildman–Crippen LogP) is 3.74. The predicted molar refractivity (Wildman–Crippen MR) is 94.5 cm³/mol. The lowest BCUT2D eigenvalue weighted by atomic mass is 9.83. The van der Waals surface area contributed by atoms with Crippen LogP contribution in [0.3, 0.4) is 0 Å². The highest BCUT2D eigenvalue weighted by molar-refractivity contribution is 5.71. The zero-order chi connectivity index (χ0) is 18.3. The normalized spacial score (nSPS) is 16.0. The van der Waals surface area contributed by atoms with Gasteiger partial charge in [0.15, 0.2) is 0 Å². The summed E-state index contributed by atoms with van der Waals surface area (Å²) in [5.41, 5.74) is 10.2. The summed E-state index contributed by atoms with van der Waals surface area (Å²) in [5.74, 6) is -0.663. The van der Waals surface area contributed by atoms with E-state index in [1.165, 1.54) is 12.1 Å². The molecular formula is C20H15FN4O. The number of nitrogens with one attached hydrogen (secondary N) is 1. The average Bonchev–Trinajstić information content (AvgIpc) is 3.04. The topological polar surface area (TPSA) is 87.7 Å². The summed E-state index contributed by atoms with van der Waals surface area (Å²) in [7, 11) is 0. The minimum absolute atomic E-state index is 0.0174. The Labute approximate surface area is 149 Å². The summed E-state index contributed by atoms with van der Waals surface area (Å²) < 4.78 is 19.4. The van der Waals surface area contributed by atoms with Crippen molar-refractivity contribution in [2.45, 2.75) is 12.8 Å². The molecule has 1 aromatic heterocycles. The molecule has 1 aliphatic heterocycles. The molecular weight excluding hydrogens is 331 g/mol. The summed E-state index contributed by atoms with van der Waals surface area (Å²) in [6, 6.07) is 16.1. The van der Waals surface area contributed by atoms with E-state index in [9.17, 15) is 9.65 Å². The van der Waals surface area contributed by atoms with Crippen LogP contribution in [0.2, 0.25) is 0 Å². The minimum atomic E-state index is -0.561. The van der Waals surface area contributed by atoms with E-state index in [4.69, 9.17) is 10.5 Å². The fourth-order valence-electron chi connectivity index (χ4n) is 3.20. The number of hydrogen-bond acceptors (Lipinski definition) is 4. The maximum absolute atomic E-state index is 13.8. The van der Waals surface area contributed by atoms with Crippen LogP contribution >= 0.6 is 0 Å². The lowest BCUT2D eigenvalue weighted by molar-refractivity contribution is 0.379. The van der Waals surface area contributed by atoms with Crippen LogP contribution in [-0.4, -0.2) is 10.2 Å². The molecule has 3 N–H and O–H groups in total. The van der Waals surface area contributed by atoms with Crippen molar-refractivity contribution in [3.05, 3.63) is 82.5 Å². The minimum Gasteiger partial charge on any atom is -0.420 e. The first-order chi connectivity index (χ1) is 12.6. The number of benzene rings is 2. The van der Waals surface area contributed by atoms with E-state index >= 15 is 0 Å². The number of aromatic amines is 1. The van der Waals surface area contributed by atoms with Crippen LogP contribution in [0.25, 0.3) is 11.3 Å². The molecule has 0 spiro atoms. The van der Waals surface area contributed by atoms with Crippen LogP contribution in [-0.2, 0) is 0 Å². The van der Waals surface area contributed by atoms with Crippen LogP contribution in [0.4, 0.5) is 4.39 Å². The fourth-order valence-corrected chi connectivity index (χ4v) is 3.20. The average molecular weight is 346 g/mol. The van der Waals surface area contributed by atoms with Crippen LogP contribution in [0.1, 0.15) is 22.6 Å². The second-order valence-corrected chi connectivity index (χ2v) is 6.16. The number of nitrogens with two attached hydrogens (primary N) is 1. The van der Waals surface area contributed by atoms with Gasteiger partial charge in [0, 0.05) is 5.56 Å². The second kappa shape index (κ2) is 6.05.